The van der Waals surface area contributed by atoms with Crippen molar-refractivity contribution >= 4 is 40.8 Å². The van der Waals surface area contributed by atoms with Crippen LogP contribution in [0.3, 0.4) is 0 Å². The van der Waals surface area contributed by atoms with Gasteiger partial charge in [-0.25, -0.2) is 4.68 Å². The Bertz CT molecular complexity index is 1160. The lowest BCUT2D eigenvalue weighted by molar-refractivity contribution is -0.385. The zero-order chi connectivity index (χ0) is 20.7. The summed E-state index contributed by atoms with van der Waals surface area (Å²) in [5.74, 6) is 1.42. The molecule has 1 amide bonds. The predicted octanol–water partition coefficient (Wildman–Crippen LogP) is 5.05. The van der Waals surface area contributed by atoms with Gasteiger partial charge in [0.15, 0.2) is 0 Å². The first-order chi connectivity index (χ1) is 13.8. The van der Waals surface area contributed by atoms with Crippen molar-refractivity contribution in [3.8, 4) is 5.69 Å². The van der Waals surface area contributed by atoms with Crippen LogP contribution in [0.1, 0.15) is 32.7 Å². The zero-order valence-electron chi connectivity index (χ0n) is 15.7. The Labute approximate surface area is 176 Å². The molecule has 2 heterocycles. The van der Waals surface area contributed by atoms with Crippen LogP contribution in [0.4, 0.5) is 11.5 Å². The van der Waals surface area contributed by atoms with Crippen molar-refractivity contribution in [2.24, 2.45) is 0 Å². The summed E-state index contributed by atoms with van der Waals surface area (Å²) in [6, 6.07) is 9.92. The fraction of sp³-hybridized carbons (Fsp3) is 0.200. The van der Waals surface area contributed by atoms with E-state index in [-0.39, 0.29) is 16.3 Å². The van der Waals surface area contributed by atoms with Gasteiger partial charge in [0.25, 0.3) is 11.6 Å². The van der Waals surface area contributed by atoms with Gasteiger partial charge in [0.1, 0.15) is 11.4 Å². The molecule has 148 valence electrons. The lowest BCUT2D eigenvalue weighted by atomic mass is 10.1. The highest BCUT2D eigenvalue weighted by atomic mass is 35.5. The van der Waals surface area contributed by atoms with Gasteiger partial charge < -0.3 is 5.32 Å². The Kier molecular flexibility index (Phi) is 5.06. The summed E-state index contributed by atoms with van der Waals surface area (Å²) in [4.78, 5) is 23.8. The van der Waals surface area contributed by atoms with Crippen LogP contribution in [0.15, 0.2) is 36.4 Å². The number of nitrogens with zero attached hydrogens (tertiary/aromatic N) is 3. The quantitative estimate of drug-likeness (QED) is 0.464. The van der Waals surface area contributed by atoms with Crippen LogP contribution >= 0.6 is 23.4 Å². The van der Waals surface area contributed by atoms with Crippen molar-refractivity contribution < 1.29 is 9.72 Å². The number of amides is 1. The van der Waals surface area contributed by atoms with E-state index in [1.807, 2.05) is 32.0 Å². The minimum atomic E-state index is -0.593. The number of hydrogen-bond donors (Lipinski definition) is 1. The Morgan fingerprint density at radius 2 is 2.03 bits per heavy atom. The highest BCUT2D eigenvalue weighted by molar-refractivity contribution is 7.98. The van der Waals surface area contributed by atoms with Gasteiger partial charge in [-0.2, -0.15) is 16.9 Å². The topological polar surface area (TPSA) is 90.1 Å². The maximum absolute atomic E-state index is 13.0. The first-order valence-electron chi connectivity index (χ1n) is 8.86. The number of halogens is 1. The summed E-state index contributed by atoms with van der Waals surface area (Å²) < 4.78 is 1.72. The van der Waals surface area contributed by atoms with Crippen molar-refractivity contribution in [3.63, 3.8) is 0 Å². The number of anilines is 1. The van der Waals surface area contributed by atoms with Crippen LogP contribution in [-0.4, -0.2) is 20.6 Å². The van der Waals surface area contributed by atoms with Crippen LogP contribution in [0, 0.1) is 24.0 Å². The molecule has 4 rings (SSSR count). The number of nitro benzene ring substituents is 1. The third-order valence-electron chi connectivity index (χ3n) is 4.76. The molecule has 1 aliphatic rings. The highest BCUT2D eigenvalue weighted by Gasteiger charge is 2.28. The number of nitrogens with one attached hydrogen (secondary N) is 1. The molecule has 9 heteroatoms. The number of carbonyl (C=O) groups is 1. The molecule has 0 unspecified atom stereocenters. The summed E-state index contributed by atoms with van der Waals surface area (Å²) in [5, 5.41) is 19.2. The average Bonchev–Trinajstić information content (AvgIpc) is 3.24. The largest absolute Gasteiger partial charge is 0.306 e. The van der Waals surface area contributed by atoms with Crippen LogP contribution in [0.2, 0.25) is 5.02 Å². The number of aryl methyl sites for hydroxylation is 2. The number of rotatable bonds is 4. The molecule has 0 radical (unpaired) electrons. The molecule has 1 aromatic heterocycles. The smallest absolute Gasteiger partial charge is 0.282 e. The minimum Gasteiger partial charge on any atom is -0.306 e. The predicted molar refractivity (Wildman–Crippen MR) is 114 cm³/mol. The van der Waals surface area contributed by atoms with E-state index >= 15 is 0 Å². The molecule has 0 atom stereocenters. The van der Waals surface area contributed by atoms with Crippen molar-refractivity contribution in [3.05, 3.63) is 79.5 Å². The molecule has 0 aliphatic carbocycles. The standard InChI is InChI=1S/C20H17ClN4O3S/c1-11-3-5-17(12(2)7-11)24-19(15-9-29-10-16(15)23-24)22-20(26)14-8-13(21)4-6-18(14)25(27)28/h3-8H,9-10H2,1-2H3,(H,22,26). The summed E-state index contributed by atoms with van der Waals surface area (Å²) in [7, 11) is 0. The van der Waals surface area contributed by atoms with Crippen molar-refractivity contribution in [1.29, 1.82) is 0 Å². The normalized spacial score (nSPS) is 12.7. The Morgan fingerprint density at radius 3 is 2.76 bits per heavy atom. The first kappa shape index (κ1) is 19.5. The van der Waals surface area contributed by atoms with Crippen LogP contribution in [0.25, 0.3) is 5.69 Å². The molecular weight excluding hydrogens is 412 g/mol. The van der Waals surface area contributed by atoms with Crippen molar-refractivity contribution in [2.75, 3.05) is 5.32 Å². The van der Waals surface area contributed by atoms with E-state index in [1.54, 1.807) is 16.4 Å². The van der Waals surface area contributed by atoms with Crippen LogP contribution in [0.5, 0.6) is 0 Å². The van der Waals surface area contributed by atoms with E-state index in [0.29, 0.717) is 11.6 Å². The average molecular weight is 429 g/mol. The van der Waals surface area contributed by atoms with E-state index in [0.717, 1.165) is 33.8 Å². The van der Waals surface area contributed by atoms with E-state index in [9.17, 15) is 14.9 Å². The van der Waals surface area contributed by atoms with Gasteiger partial charge in [0.2, 0.25) is 0 Å². The van der Waals surface area contributed by atoms with E-state index in [2.05, 4.69) is 5.32 Å². The number of fused-ring (bicyclic) bond motifs is 1. The monoisotopic (exact) mass is 428 g/mol. The maximum atomic E-state index is 13.0. The van der Waals surface area contributed by atoms with Gasteiger partial charge in [-0.3, -0.25) is 14.9 Å². The lowest BCUT2D eigenvalue weighted by Gasteiger charge is -2.13. The van der Waals surface area contributed by atoms with Crippen molar-refractivity contribution in [2.45, 2.75) is 25.4 Å². The maximum Gasteiger partial charge on any atom is 0.282 e. The number of aromatic nitrogens is 2. The van der Waals surface area contributed by atoms with E-state index in [4.69, 9.17) is 16.7 Å². The van der Waals surface area contributed by atoms with E-state index in [1.165, 1.54) is 18.2 Å². The third kappa shape index (κ3) is 3.61. The summed E-state index contributed by atoms with van der Waals surface area (Å²) in [5.41, 5.74) is 4.46. The van der Waals surface area contributed by atoms with Gasteiger partial charge in [-0.15, -0.1) is 0 Å². The highest BCUT2D eigenvalue weighted by Crippen LogP contribution is 2.37. The van der Waals surface area contributed by atoms with Gasteiger partial charge in [-0.1, -0.05) is 29.3 Å². The molecule has 1 N–H and O–H groups in total. The van der Waals surface area contributed by atoms with Gasteiger partial charge in [0.05, 0.1) is 16.3 Å². The summed E-state index contributed by atoms with van der Waals surface area (Å²) in [6.07, 6.45) is 0. The molecule has 0 bridgehead atoms. The molecule has 0 spiro atoms. The first-order valence-corrected chi connectivity index (χ1v) is 10.4. The Hall–Kier alpha value is -2.84. The third-order valence-corrected chi connectivity index (χ3v) is 5.97. The second-order valence-electron chi connectivity index (χ2n) is 6.84. The number of thioether (sulfide) groups is 1. The number of carbonyl (C=O) groups excluding carboxylic acids is 1. The Morgan fingerprint density at radius 1 is 1.24 bits per heavy atom. The number of benzene rings is 2. The molecule has 0 saturated carbocycles. The number of nitro groups is 1. The molecular formula is C20H17ClN4O3S. The zero-order valence-corrected chi connectivity index (χ0v) is 17.3. The van der Waals surface area contributed by atoms with E-state index < -0.39 is 10.8 Å². The fourth-order valence-corrected chi connectivity index (χ4v) is 4.59. The molecule has 0 fully saturated rings. The van der Waals surface area contributed by atoms with Gasteiger partial charge >= 0.3 is 0 Å². The molecule has 0 saturated heterocycles. The summed E-state index contributed by atoms with van der Waals surface area (Å²) in [6.45, 7) is 3.99. The molecule has 3 aromatic rings. The number of hydrogen-bond acceptors (Lipinski definition) is 5. The second-order valence-corrected chi connectivity index (χ2v) is 8.26. The SMILES string of the molecule is Cc1ccc(-n2nc3c(c2NC(=O)c2cc(Cl)ccc2[N+](=O)[O-])CSC3)c(C)c1. The molecule has 2 aromatic carbocycles. The van der Waals surface area contributed by atoms with Crippen LogP contribution in [-0.2, 0) is 11.5 Å². The fourth-order valence-electron chi connectivity index (χ4n) is 3.38. The van der Waals surface area contributed by atoms with Crippen molar-refractivity contribution in [1.82, 2.24) is 9.78 Å². The lowest BCUT2D eigenvalue weighted by Crippen LogP contribution is -2.18. The molecule has 1 aliphatic heterocycles. The molecule has 7 nitrogen and oxygen atoms in total. The second kappa shape index (κ2) is 7.53. The van der Waals surface area contributed by atoms with Crippen LogP contribution < -0.4 is 5.32 Å². The Balaban J connectivity index is 1.79. The minimum absolute atomic E-state index is 0.0877. The summed E-state index contributed by atoms with van der Waals surface area (Å²) >= 11 is 7.69. The van der Waals surface area contributed by atoms with Gasteiger partial charge in [-0.05, 0) is 37.6 Å². The molecule has 29 heavy (non-hydrogen) atoms. The van der Waals surface area contributed by atoms with Gasteiger partial charge in [0, 0.05) is 28.2 Å².